The molecule has 0 bridgehead atoms. The van der Waals surface area contributed by atoms with Crippen LogP contribution in [0, 0.1) is 12.8 Å². The number of aliphatic imine (C=N–C) groups is 1. The molecular weight excluding hydrogens is 450 g/mol. The van der Waals surface area contributed by atoms with Crippen LogP contribution < -0.4 is 25.8 Å². The number of nitrogens with zero attached hydrogens (tertiary/aromatic N) is 2. The van der Waals surface area contributed by atoms with Gasteiger partial charge in [0, 0.05) is 13.1 Å². The third-order valence-electron chi connectivity index (χ3n) is 5.27. The lowest BCUT2D eigenvalue weighted by molar-refractivity contribution is -0.121. The fraction of sp³-hybridized carbons (Fsp3) is 0.318. The number of rotatable bonds is 6. The Kier molecular flexibility index (Phi) is 7.00. The molecule has 2 heterocycles. The van der Waals surface area contributed by atoms with Crippen molar-refractivity contribution in [3.8, 4) is 5.75 Å². The highest BCUT2D eigenvalue weighted by atomic mass is 35.5. The number of hydrogen-bond donors (Lipinski definition) is 3. The Morgan fingerprint density at radius 3 is 2.81 bits per heavy atom. The van der Waals surface area contributed by atoms with Crippen LogP contribution in [0.1, 0.15) is 11.1 Å². The van der Waals surface area contributed by atoms with Crippen molar-refractivity contribution >= 4 is 46.0 Å². The average molecular weight is 474 g/mol. The summed E-state index contributed by atoms with van der Waals surface area (Å²) >= 11 is 7.51. The Hall–Kier alpha value is -2.59. The normalized spacial score (nSPS) is 20.0. The summed E-state index contributed by atoms with van der Waals surface area (Å²) in [5.41, 5.74) is 8.78. The fourth-order valence-corrected chi connectivity index (χ4v) is 4.62. The molecule has 0 saturated carbocycles. The van der Waals surface area contributed by atoms with Gasteiger partial charge in [0.15, 0.2) is 5.17 Å². The van der Waals surface area contributed by atoms with E-state index in [1.165, 1.54) is 29.3 Å². The average Bonchev–Trinajstić information content (AvgIpc) is 3.26. The molecule has 10 heteroatoms. The lowest BCUT2D eigenvalue weighted by Crippen LogP contribution is -2.49. The van der Waals surface area contributed by atoms with E-state index in [0.29, 0.717) is 34.7 Å². The lowest BCUT2D eigenvalue weighted by Gasteiger charge is -2.32. The number of halogens is 1. The topological polar surface area (TPSA) is 95.1 Å². The van der Waals surface area contributed by atoms with Crippen LogP contribution in [0.25, 0.3) is 0 Å². The molecule has 0 radical (unpaired) electrons. The summed E-state index contributed by atoms with van der Waals surface area (Å²) < 4.78 is 5.22. The molecule has 0 spiro atoms. The maximum absolute atomic E-state index is 13.2. The minimum atomic E-state index is -0.370. The van der Waals surface area contributed by atoms with Crippen LogP contribution in [-0.4, -0.2) is 42.6 Å². The molecule has 168 valence electrons. The molecule has 2 unspecified atom stereocenters. The van der Waals surface area contributed by atoms with E-state index in [1.807, 2.05) is 31.2 Å². The van der Waals surface area contributed by atoms with Gasteiger partial charge in [-0.1, -0.05) is 53.2 Å². The number of carbonyl (C=O) groups is 2. The minimum absolute atomic E-state index is 0.105. The number of anilines is 1. The van der Waals surface area contributed by atoms with Crippen LogP contribution in [0.15, 0.2) is 47.5 Å². The molecule has 32 heavy (non-hydrogen) atoms. The standard InChI is InChI=1S/C22H24ClN5O3S/c1-13-3-5-14(6-4-13)10-24-19(29)12-32-22-26-20-16(11-25-27-20)21(30)28(22)15-7-8-18(31-2)17(23)9-15/h3-9,16,20,25,27H,10-12H2,1-2H3,(H,24,29). The zero-order valence-corrected chi connectivity index (χ0v) is 19.3. The maximum Gasteiger partial charge on any atom is 0.241 e. The molecular formula is C22H24ClN5O3S. The monoisotopic (exact) mass is 473 g/mol. The Labute approximate surface area is 195 Å². The summed E-state index contributed by atoms with van der Waals surface area (Å²) in [6.07, 6.45) is -0.370. The van der Waals surface area contributed by atoms with Crippen molar-refractivity contribution < 1.29 is 14.3 Å². The van der Waals surface area contributed by atoms with Crippen molar-refractivity contribution in [1.29, 1.82) is 0 Å². The molecule has 2 amide bonds. The van der Waals surface area contributed by atoms with Gasteiger partial charge in [-0.2, -0.15) is 0 Å². The number of carbonyl (C=O) groups excluding carboxylic acids is 2. The van der Waals surface area contributed by atoms with Gasteiger partial charge in [-0.25, -0.2) is 10.4 Å². The molecule has 1 saturated heterocycles. The minimum Gasteiger partial charge on any atom is -0.495 e. The second-order valence-electron chi connectivity index (χ2n) is 7.53. The number of hydrogen-bond acceptors (Lipinski definition) is 7. The number of nitrogens with one attached hydrogen (secondary N) is 3. The second-order valence-corrected chi connectivity index (χ2v) is 8.88. The number of benzene rings is 2. The molecule has 2 aliphatic heterocycles. The van der Waals surface area contributed by atoms with Crippen LogP contribution in [0.3, 0.4) is 0 Å². The van der Waals surface area contributed by atoms with Gasteiger partial charge in [0.1, 0.15) is 11.9 Å². The van der Waals surface area contributed by atoms with E-state index >= 15 is 0 Å². The van der Waals surface area contributed by atoms with Crippen molar-refractivity contribution in [3.63, 3.8) is 0 Å². The number of methoxy groups -OCH3 is 1. The number of amidine groups is 1. The summed E-state index contributed by atoms with van der Waals surface area (Å²) in [7, 11) is 1.53. The predicted molar refractivity (Wildman–Crippen MR) is 127 cm³/mol. The van der Waals surface area contributed by atoms with Crippen molar-refractivity contribution in [2.75, 3.05) is 24.3 Å². The first-order valence-corrected chi connectivity index (χ1v) is 11.5. The van der Waals surface area contributed by atoms with Crippen molar-refractivity contribution in [2.45, 2.75) is 19.6 Å². The Morgan fingerprint density at radius 1 is 1.31 bits per heavy atom. The first-order chi connectivity index (χ1) is 15.5. The molecule has 3 N–H and O–H groups in total. The van der Waals surface area contributed by atoms with Gasteiger partial charge in [-0.15, -0.1) is 0 Å². The lowest BCUT2D eigenvalue weighted by atomic mass is 10.0. The third kappa shape index (κ3) is 4.91. The van der Waals surface area contributed by atoms with E-state index < -0.39 is 0 Å². The van der Waals surface area contributed by atoms with Crippen LogP contribution >= 0.6 is 23.4 Å². The van der Waals surface area contributed by atoms with Crippen LogP contribution in [0.4, 0.5) is 5.69 Å². The van der Waals surface area contributed by atoms with E-state index in [-0.39, 0.29) is 29.7 Å². The number of ether oxygens (including phenoxy) is 1. The zero-order chi connectivity index (χ0) is 22.7. The number of fused-ring (bicyclic) bond motifs is 1. The number of amides is 2. The number of hydrazine groups is 1. The molecule has 1 fully saturated rings. The van der Waals surface area contributed by atoms with E-state index in [9.17, 15) is 9.59 Å². The summed E-state index contributed by atoms with van der Waals surface area (Å²) in [6, 6.07) is 13.1. The zero-order valence-electron chi connectivity index (χ0n) is 17.7. The first-order valence-electron chi connectivity index (χ1n) is 10.1. The van der Waals surface area contributed by atoms with E-state index in [2.05, 4.69) is 21.2 Å². The van der Waals surface area contributed by atoms with Crippen LogP contribution in [0.5, 0.6) is 5.75 Å². The quantitative estimate of drug-likeness (QED) is 0.596. The molecule has 2 aliphatic rings. The molecule has 8 nitrogen and oxygen atoms in total. The molecule has 4 rings (SSSR count). The Bertz CT molecular complexity index is 1050. The van der Waals surface area contributed by atoms with Gasteiger partial charge >= 0.3 is 0 Å². The van der Waals surface area contributed by atoms with E-state index in [1.54, 1.807) is 18.2 Å². The second kappa shape index (κ2) is 9.91. The summed E-state index contributed by atoms with van der Waals surface area (Å²) in [5, 5.41) is 3.75. The van der Waals surface area contributed by atoms with Gasteiger partial charge in [0.05, 0.1) is 29.5 Å². The van der Waals surface area contributed by atoms with Gasteiger partial charge in [-0.3, -0.25) is 19.9 Å². The van der Waals surface area contributed by atoms with Crippen LogP contribution in [-0.2, 0) is 16.1 Å². The smallest absolute Gasteiger partial charge is 0.241 e. The van der Waals surface area contributed by atoms with Crippen molar-refractivity contribution in [2.24, 2.45) is 10.9 Å². The molecule has 2 aromatic carbocycles. The maximum atomic E-state index is 13.2. The summed E-state index contributed by atoms with van der Waals surface area (Å²) in [6.45, 7) is 2.94. The highest BCUT2D eigenvalue weighted by Crippen LogP contribution is 2.34. The van der Waals surface area contributed by atoms with Gasteiger partial charge in [0.2, 0.25) is 11.8 Å². The third-order valence-corrected chi connectivity index (χ3v) is 6.52. The summed E-state index contributed by atoms with van der Waals surface area (Å²) in [4.78, 5) is 31.9. The Balaban J connectivity index is 1.47. The highest BCUT2D eigenvalue weighted by Gasteiger charge is 2.42. The largest absolute Gasteiger partial charge is 0.495 e. The van der Waals surface area contributed by atoms with E-state index in [4.69, 9.17) is 16.3 Å². The fourth-order valence-electron chi connectivity index (χ4n) is 3.49. The van der Waals surface area contributed by atoms with Crippen molar-refractivity contribution in [1.82, 2.24) is 16.2 Å². The molecule has 0 aliphatic carbocycles. The van der Waals surface area contributed by atoms with E-state index in [0.717, 1.165) is 5.56 Å². The van der Waals surface area contributed by atoms with Crippen LogP contribution in [0.2, 0.25) is 5.02 Å². The SMILES string of the molecule is COc1ccc(N2C(=O)C3CNNC3N=C2SCC(=O)NCc2ccc(C)cc2)cc1Cl. The van der Waals surface area contributed by atoms with Gasteiger partial charge < -0.3 is 10.1 Å². The number of aryl methyl sites for hydroxylation is 1. The Morgan fingerprint density at radius 2 is 2.09 bits per heavy atom. The van der Waals surface area contributed by atoms with Gasteiger partial charge in [-0.05, 0) is 30.7 Å². The van der Waals surface area contributed by atoms with Gasteiger partial charge in [0.25, 0.3) is 0 Å². The number of thioether (sulfide) groups is 1. The first kappa shape index (κ1) is 22.6. The molecule has 0 aromatic heterocycles. The predicted octanol–water partition coefficient (Wildman–Crippen LogP) is 2.46. The molecule has 2 aromatic rings. The summed E-state index contributed by atoms with van der Waals surface area (Å²) in [5.74, 6) is 0.0620. The van der Waals surface area contributed by atoms with Crippen molar-refractivity contribution in [3.05, 3.63) is 58.6 Å². The molecule has 2 atom stereocenters. The highest BCUT2D eigenvalue weighted by molar-refractivity contribution is 8.14.